The van der Waals surface area contributed by atoms with E-state index < -0.39 is 0 Å². The Morgan fingerprint density at radius 3 is 2.44 bits per heavy atom. The van der Waals surface area contributed by atoms with Crippen molar-refractivity contribution in [2.75, 3.05) is 13.1 Å². The molecule has 2 saturated heterocycles. The number of carbonyl (C=O) groups excluding carboxylic acids is 1. The maximum atomic E-state index is 12.3. The second kappa shape index (κ2) is 5.13. The van der Waals surface area contributed by atoms with Gasteiger partial charge in [-0.05, 0) is 32.6 Å². The first kappa shape index (κ1) is 13.7. The summed E-state index contributed by atoms with van der Waals surface area (Å²) in [6, 6.07) is 0. The van der Waals surface area contributed by atoms with E-state index in [2.05, 4.69) is 6.92 Å². The van der Waals surface area contributed by atoms with Crippen LogP contribution in [0.3, 0.4) is 0 Å². The fourth-order valence-electron chi connectivity index (χ4n) is 2.65. The third kappa shape index (κ3) is 2.67. The second-order valence-corrected chi connectivity index (χ2v) is 6.20. The van der Waals surface area contributed by atoms with Crippen molar-refractivity contribution in [3.8, 4) is 0 Å². The molecule has 0 saturated carbocycles. The molecule has 2 heterocycles. The molecule has 18 heavy (non-hydrogen) atoms. The Bertz CT molecular complexity index is 351. The van der Waals surface area contributed by atoms with Gasteiger partial charge < -0.3 is 15.4 Å². The molecule has 2 aliphatic rings. The SMILES string of the molecule is CC1CCC(C(=O)N2CCC(C)(C(N)=S)CC2)O1. The molecule has 0 aromatic carbocycles. The summed E-state index contributed by atoms with van der Waals surface area (Å²) in [4.78, 5) is 14.7. The van der Waals surface area contributed by atoms with Crippen LogP contribution in [0.2, 0.25) is 0 Å². The Morgan fingerprint density at radius 2 is 2.00 bits per heavy atom. The summed E-state index contributed by atoms with van der Waals surface area (Å²) in [5.41, 5.74) is 5.68. The zero-order valence-electron chi connectivity index (χ0n) is 11.1. The molecular weight excluding hydrogens is 248 g/mol. The molecule has 0 bridgehead atoms. The highest BCUT2D eigenvalue weighted by Crippen LogP contribution is 2.32. The van der Waals surface area contributed by atoms with Crippen LogP contribution < -0.4 is 5.73 Å². The van der Waals surface area contributed by atoms with E-state index in [0.717, 1.165) is 38.8 Å². The van der Waals surface area contributed by atoms with Gasteiger partial charge in [-0.25, -0.2) is 0 Å². The minimum Gasteiger partial charge on any atom is -0.393 e. The van der Waals surface area contributed by atoms with Crippen LogP contribution in [-0.2, 0) is 9.53 Å². The van der Waals surface area contributed by atoms with Gasteiger partial charge in [0.25, 0.3) is 5.91 Å². The number of ether oxygens (including phenoxy) is 1. The van der Waals surface area contributed by atoms with Gasteiger partial charge in [-0.15, -0.1) is 0 Å². The maximum Gasteiger partial charge on any atom is 0.251 e. The molecule has 5 heteroatoms. The van der Waals surface area contributed by atoms with Crippen LogP contribution >= 0.6 is 12.2 Å². The van der Waals surface area contributed by atoms with E-state index in [4.69, 9.17) is 22.7 Å². The van der Waals surface area contributed by atoms with Gasteiger partial charge >= 0.3 is 0 Å². The van der Waals surface area contributed by atoms with E-state index in [-0.39, 0.29) is 23.5 Å². The number of hydrogen-bond donors (Lipinski definition) is 1. The summed E-state index contributed by atoms with van der Waals surface area (Å²) < 4.78 is 5.63. The predicted molar refractivity (Wildman–Crippen MR) is 74.3 cm³/mol. The van der Waals surface area contributed by atoms with Gasteiger partial charge in [0.2, 0.25) is 0 Å². The summed E-state index contributed by atoms with van der Waals surface area (Å²) in [7, 11) is 0. The molecule has 0 spiro atoms. The third-order valence-corrected chi connectivity index (χ3v) is 4.77. The van der Waals surface area contributed by atoms with Crippen molar-refractivity contribution in [2.24, 2.45) is 11.1 Å². The average Bonchev–Trinajstić information content (AvgIpc) is 2.76. The number of amides is 1. The minimum absolute atomic E-state index is 0.0874. The summed E-state index contributed by atoms with van der Waals surface area (Å²) in [6.07, 6.45) is 3.53. The van der Waals surface area contributed by atoms with E-state index in [1.807, 2.05) is 11.8 Å². The molecule has 0 aromatic rings. The molecular formula is C13H22N2O2S. The first-order valence-electron chi connectivity index (χ1n) is 6.66. The number of thiocarbonyl (C=S) groups is 1. The Hall–Kier alpha value is -0.680. The number of likely N-dealkylation sites (tertiary alicyclic amines) is 1. The van der Waals surface area contributed by atoms with Crippen LogP contribution in [0.15, 0.2) is 0 Å². The van der Waals surface area contributed by atoms with Gasteiger partial charge in [-0.3, -0.25) is 4.79 Å². The van der Waals surface area contributed by atoms with E-state index in [1.54, 1.807) is 0 Å². The number of nitrogens with zero attached hydrogens (tertiary/aromatic N) is 1. The highest BCUT2D eigenvalue weighted by Gasteiger charge is 2.37. The monoisotopic (exact) mass is 270 g/mol. The first-order chi connectivity index (χ1) is 8.42. The number of rotatable bonds is 2. The van der Waals surface area contributed by atoms with Crippen molar-refractivity contribution >= 4 is 23.1 Å². The molecule has 2 unspecified atom stereocenters. The molecule has 102 valence electrons. The zero-order chi connectivity index (χ0) is 13.3. The lowest BCUT2D eigenvalue weighted by Crippen LogP contribution is -2.49. The maximum absolute atomic E-state index is 12.3. The Balaban J connectivity index is 1.90. The van der Waals surface area contributed by atoms with Crippen molar-refractivity contribution in [3.63, 3.8) is 0 Å². The quantitative estimate of drug-likeness (QED) is 0.772. The zero-order valence-corrected chi connectivity index (χ0v) is 12.0. The van der Waals surface area contributed by atoms with Crippen LogP contribution in [0.4, 0.5) is 0 Å². The van der Waals surface area contributed by atoms with E-state index in [1.165, 1.54) is 0 Å². The van der Waals surface area contributed by atoms with Crippen LogP contribution in [0.1, 0.15) is 39.5 Å². The highest BCUT2D eigenvalue weighted by molar-refractivity contribution is 7.80. The smallest absolute Gasteiger partial charge is 0.251 e. The molecule has 1 amide bonds. The van der Waals surface area contributed by atoms with Crippen LogP contribution in [0.25, 0.3) is 0 Å². The molecule has 0 aliphatic carbocycles. The molecule has 2 fully saturated rings. The summed E-state index contributed by atoms with van der Waals surface area (Å²) in [5.74, 6) is 0.143. The highest BCUT2D eigenvalue weighted by atomic mass is 32.1. The van der Waals surface area contributed by atoms with Gasteiger partial charge in [0.1, 0.15) is 6.10 Å². The standard InChI is InChI=1S/C13H22N2O2S/c1-9-3-4-10(17-9)11(16)15-7-5-13(2,6-8-15)12(14)18/h9-10H,3-8H2,1-2H3,(H2,14,18). The van der Waals surface area contributed by atoms with Crippen LogP contribution in [-0.4, -0.2) is 41.1 Å². The second-order valence-electron chi connectivity index (χ2n) is 5.76. The van der Waals surface area contributed by atoms with Crippen molar-refractivity contribution < 1.29 is 9.53 Å². The number of hydrogen-bond acceptors (Lipinski definition) is 3. The largest absolute Gasteiger partial charge is 0.393 e. The molecule has 2 aliphatic heterocycles. The summed E-state index contributed by atoms with van der Waals surface area (Å²) >= 11 is 5.11. The molecule has 2 rings (SSSR count). The fourth-order valence-corrected chi connectivity index (χ4v) is 2.86. The molecule has 2 N–H and O–H groups in total. The Morgan fingerprint density at radius 1 is 1.39 bits per heavy atom. The van der Waals surface area contributed by atoms with E-state index in [9.17, 15) is 4.79 Å². The lowest BCUT2D eigenvalue weighted by Gasteiger charge is -2.39. The van der Waals surface area contributed by atoms with Crippen molar-refractivity contribution in [1.82, 2.24) is 4.90 Å². The molecule has 0 radical (unpaired) electrons. The van der Waals surface area contributed by atoms with E-state index >= 15 is 0 Å². The van der Waals surface area contributed by atoms with Gasteiger partial charge in [-0.1, -0.05) is 19.1 Å². The lowest BCUT2D eigenvalue weighted by molar-refractivity contribution is -0.144. The number of nitrogens with two attached hydrogens (primary N) is 1. The van der Waals surface area contributed by atoms with E-state index in [0.29, 0.717) is 4.99 Å². The van der Waals surface area contributed by atoms with Crippen molar-refractivity contribution in [3.05, 3.63) is 0 Å². The van der Waals surface area contributed by atoms with Gasteiger partial charge in [0.15, 0.2) is 0 Å². The first-order valence-corrected chi connectivity index (χ1v) is 7.07. The molecule has 0 aromatic heterocycles. The molecule has 4 nitrogen and oxygen atoms in total. The minimum atomic E-state index is -0.228. The molecule has 2 atom stereocenters. The Labute approximate surface area is 114 Å². The lowest BCUT2D eigenvalue weighted by atomic mass is 9.80. The number of piperidine rings is 1. The van der Waals surface area contributed by atoms with Gasteiger partial charge in [-0.2, -0.15) is 0 Å². The normalized spacial score (nSPS) is 31.3. The summed E-state index contributed by atoms with van der Waals surface area (Å²) in [6.45, 7) is 5.58. The fraction of sp³-hybridized carbons (Fsp3) is 0.846. The third-order valence-electron chi connectivity index (χ3n) is 4.28. The average molecular weight is 270 g/mol. The van der Waals surface area contributed by atoms with Crippen molar-refractivity contribution in [1.29, 1.82) is 0 Å². The van der Waals surface area contributed by atoms with Crippen LogP contribution in [0.5, 0.6) is 0 Å². The topological polar surface area (TPSA) is 55.6 Å². The summed E-state index contributed by atoms with van der Waals surface area (Å²) in [5, 5.41) is 0. The number of carbonyl (C=O) groups is 1. The van der Waals surface area contributed by atoms with Gasteiger partial charge in [0.05, 0.1) is 11.1 Å². The predicted octanol–water partition coefficient (Wildman–Crippen LogP) is 1.47. The van der Waals surface area contributed by atoms with Crippen molar-refractivity contribution in [2.45, 2.75) is 51.7 Å². The van der Waals surface area contributed by atoms with Crippen LogP contribution in [0, 0.1) is 5.41 Å². The Kier molecular flexibility index (Phi) is 3.92. The van der Waals surface area contributed by atoms with Gasteiger partial charge in [0, 0.05) is 18.5 Å².